The van der Waals surface area contributed by atoms with Crippen LogP contribution in [-0.2, 0) is 9.84 Å². The lowest BCUT2D eigenvalue weighted by molar-refractivity contribution is 0.602. The molecule has 9 heteroatoms. The molecule has 8 nitrogen and oxygen atoms in total. The number of nitrogens with zero attached hydrogens (tertiary/aromatic N) is 4. The lowest BCUT2D eigenvalue weighted by Crippen LogP contribution is -2.08. The summed E-state index contributed by atoms with van der Waals surface area (Å²) in [6.45, 7) is 0.694. The van der Waals surface area contributed by atoms with E-state index in [9.17, 15) is 8.42 Å². The van der Waals surface area contributed by atoms with Crippen LogP contribution in [0.5, 0.6) is 0 Å². The zero-order chi connectivity index (χ0) is 15.0. The third-order valence-electron chi connectivity index (χ3n) is 3.28. The van der Waals surface area contributed by atoms with Gasteiger partial charge in [-0.15, -0.1) is 10.2 Å². The first-order chi connectivity index (χ1) is 9.97. The van der Waals surface area contributed by atoms with Crippen molar-refractivity contribution in [2.24, 2.45) is 5.92 Å². The molecule has 0 aromatic carbocycles. The minimum Gasteiger partial charge on any atom is -0.382 e. The number of rotatable bonds is 5. The first kappa shape index (κ1) is 13.8. The summed E-state index contributed by atoms with van der Waals surface area (Å²) >= 11 is 0. The van der Waals surface area contributed by atoms with Crippen LogP contribution in [0, 0.1) is 5.92 Å². The summed E-state index contributed by atoms with van der Waals surface area (Å²) in [7, 11) is -3.50. The predicted octanol–water partition coefficient (Wildman–Crippen LogP) is 0.470. The Bertz CT molecular complexity index is 752. The maximum Gasteiger partial charge on any atom is 0.182 e. The van der Waals surface area contributed by atoms with Crippen molar-refractivity contribution in [3.05, 3.63) is 18.3 Å². The van der Waals surface area contributed by atoms with Gasteiger partial charge in [-0.3, -0.25) is 0 Å². The maximum absolute atomic E-state index is 12.0. The van der Waals surface area contributed by atoms with Gasteiger partial charge in [0.25, 0.3) is 0 Å². The van der Waals surface area contributed by atoms with Gasteiger partial charge in [0, 0.05) is 19.0 Å². The molecule has 0 spiro atoms. The Hall–Kier alpha value is -2.16. The number of nitrogens with one attached hydrogen (secondary N) is 1. The van der Waals surface area contributed by atoms with E-state index < -0.39 is 9.84 Å². The third-order valence-corrected chi connectivity index (χ3v) is 4.42. The van der Waals surface area contributed by atoms with E-state index in [4.69, 9.17) is 5.73 Å². The van der Waals surface area contributed by atoms with Gasteiger partial charge in [-0.25, -0.2) is 8.42 Å². The normalized spacial score (nSPS) is 15.1. The molecule has 0 unspecified atom stereocenters. The van der Waals surface area contributed by atoms with Gasteiger partial charge in [0.1, 0.15) is 5.82 Å². The smallest absolute Gasteiger partial charge is 0.182 e. The largest absolute Gasteiger partial charge is 0.382 e. The van der Waals surface area contributed by atoms with Crippen LogP contribution in [0.4, 0.5) is 11.6 Å². The van der Waals surface area contributed by atoms with E-state index in [2.05, 4.69) is 20.6 Å². The molecule has 0 atom stereocenters. The topological polar surface area (TPSA) is 116 Å². The fourth-order valence-electron chi connectivity index (χ4n) is 2.04. The SMILES string of the molecule is CS(=O)(=O)c1c(NCC2CC2)nn(-c2cccnn2)c1N. The second kappa shape index (κ2) is 4.99. The Morgan fingerprint density at radius 3 is 2.81 bits per heavy atom. The van der Waals surface area contributed by atoms with Gasteiger partial charge in [-0.05, 0) is 30.9 Å². The minimum absolute atomic E-state index is 0.00815. The number of hydrogen-bond donors (Lipinski definition) is 2. The fraction of sp³-hybridized carbons (Fsp3) is 0.417. The van der Waals surface area contributed by atoms with Crippen LogP contribution >= 0.6 is 0 Å². The van der Waals surface area contributed by atoms with Gasteiger partial charge in [0.05, 0.1) is 0 Å². The molecular weight excluding hydrogens is 292 g/mol. The van der Waals surface area contributed by atoms with Crippen LogP contribution in [0.3, 0.4) is 0 Å². The van der Waals surface area contributed by atoms with E-state index in [1.54, 1.807) is 12.1 Å². The number of nitrogens with two attached hydrogens (primary N) is 1. The molecule has 112 valence electrons. The molecule has 0 aliphatic heterocycles. The van der Waals surface area contributed by atoms with E-state index in [1.165, 1.54) is 10.9 Å². The van der Waals surface area contributed by atoms with Crippen molar-refractivity contribution in [3.8, 4) is 5.82 Å². The van der Waals surface area contributed by atoms with Crippen molar-refractivity contribution in [2.45, 2.75) is 17.7 Å². The van der Waals surface area contributed by atoms with Crippen LogP contribution in [-0.4, -0.2) is 41.2 Å². The van der Waals surface area contributed by atoms with Crippen LogP contribution in [0.1, 0.15) is 12.8 Å². The second-order valence-electron chi connectivity index (χ2n) is 5.15. The minimum atomic E-state index is -3.50. The van der Waals surface area contributed by atoms with Gasteiger partial charge in [-0.1, -0.05) is 0 Å². The standard InChI is InChI=1S/C12H16N6O2S/c1-21(19,20)10-11(13)18(9-3-2-6-15-16-9)17-12(10)14-7-8-4-5-8/h2-3,6,8H,4-5,7,13H2,1H3,(H,14,17). The maximum atomic E-state index is 12.0. The van der Waals surface area contributed by atoms with Gasteiger partial charge < -0.3 is 11.1 Å². The molecule has 3 N–H and O–H groups in total. The van der Waals surface area contributed by atoms with E-state index in [-0.39, 0.29) is 16.5 Å². The first-order valence-electron chi connectivity index (χ1n) is 6.57. The Kier molecular flexibility index (Phi) is 3.28. The molecule has 2 aromatic heterocycles. The number of anilines is 2. The molecule has 1 fully saturated rings. The molecule has 0 bridgehead atoms. The summed E-state index contributed by atoms with van der Waals surface area (Å²) in [6, 6.07) is 3.34. The molecule has 3 rings (SSSR count). The van der Waals surface area contributed by atoms with Crippen molar-refractivity contribution < 1.29 is 8.42 Å². The molecule has 1 aliphatic rings. The van der Waals surface area contributed by atoms with Gasteiger partial charge in [0.2, 0.25) is 0 Å². The molecule has 21 heavy (non-hydrogen) atoms. The highest BCUT2D eigenvalue weighted by Gasteiger charge is 2.27. The average Bonchev–Trinajstić information content (AvgIpc) is 3.19. The van der Waals surface area contributed by atoms with E-state index in [1.807, 2.05) is 0 Å². The average molecular weight is 308 g/mol. The molecule has 0 amide bonds. The molecule has 1 aliphatic carbocycles. The third kappa shape index (κ3) is 2.82. The first-order valence-corrected chi connectivity index (χ1v) is 8.46. The second-order valence-corrected chi connectivity index (χ2v) is 7.11. The Morgan fingerprint density at radius 1 is 1.48 bits per heavy atom. The van der Waals surface area contributed by atoms with Gasteiger partial charge >= 0.3 is 0 Å². The molecular formula is C12H16N6O2S. The van der Waals surface area contributed by atoms with E-state index in [0.717, 1.165) is 19.1 Å². The number of nitrogen functional groups attached to an aromatic ring is 1. The molecule has 0 saturated heterocycles. The van der Waals surface area contributed by atoms with Crippen LogP contribution in [0.15, 0.2) is 23.2 Å². The number of hydrogen-bond acceptors (Lipinski definition) is 7. The summed E-state index contributed by atoms with van der Waals surface area (Å²) in [6.07, 6.45) is 4.94. The quantitative estimate of drug-likeness (QED) is 0.824. The fourth-order valence-corrected chi connectivity index (χ4v) is 2.97. The number of sulfone groups is 1. The van der Waals surface area contributed by atoms with Crippen molar-refractivity contribution in [1.82, 2.24) is 20.0 Å². The summed E-state index contributed by atoms with van der Waals surface area (Å²) in [5.41, 5.74) is 5.96. The highest BCUT2D eigenvalue weighted by molar-refractivity contribution is 7.91. The van der Waals surface area contributed by atoms with Crippen LogP contribution < -0.4 is 11.1 Å². The molecule has 2 aromatic rings. The summed E-state index contributed by atoms with van der Waals surface area (Å²) in [5, 5.41) is 15.0. The van der Waals surface area contributed by atoms with Crippen molar-refractivity contribution in [2.75, 3.05) is 23.9 Å². The Morgan fingerprint density at radius 2 is 2.24 bits per heavy atom. The zero-order valence-corrected chi connectivity index (χ0v) is 12.3. The van der Waals surface area contributed by atoms with Crippen molar-refractivity contribution in [3.63, 3.8) is 0 Å². The molecule has 2 heterocycles. The molecule has 1 saturated carbocycles. The van der Waals surface area contributed by atoms with Crippen molar-refractivity contribution in [1.29, 1.82) is 0 Å². The van der Waals surface area contributed by atoms with Crippen molar-refractivity contribution >= 4 is 21.5 Å². The zero-order valence-electron chi connectivity index (χ0n) is 11.5. The molecule has 0 radical (unpaired) electrons. The van der Waals surface area contributed by atoms with E-state index >= 15 is 0 Å². The highest BCUT2D eigenvalue weighted by atomic mass is 32.2. The van der Waals surface area contributed by atoms with E-state index in [0.29, 0.717) is 18.3 Å². The van der Waals surface area contributed by atoms with Crippen LogP contribution in [0.2, 0.25) is 0 Å². The number of aromatic nitrogens is 4. The summed E-state index contributed by atoms with van der Waals surface area (Å²) in [4.78, 5) is 0.00815. The van der Waals surface area contributed by atoms with Gasteiger partial charge in [-0.2, -0.15) is 9.78 Å². The summed E-state index contributed by atoms with van der Waals surface area (Å²) in [5.74, 6) is 1.27. The Labute approximate surface area is 122 Å². The predicted molar refractivity (Wildman–Crippen MR) is 77.9 cm³/mol. The van der Waals surface area contributed by atoms with Gasteiger partial charge in [0.15, 0.2) is 26.4 Å². The lowest BCUT2D eigenvalue weighted by Gasteiger charge is -2.03. The summed E-state index contributed by atoms with van der Waals surface area (Å²) < 4.78 is 25.2. The van der Waals surface area contributed by atoms with Crippen LogP contribution in [0.25, 0.3) is 5.82 Å². The Balaban J connectivity index is 2.05. The lowest BCUT2D eigenvalue weighted by atomic mass is 10.4. The highest BCUT2D eigenvalue weighted by Crippen LogP contribution is 2.32. The monoisotopic (exact) mass is 308 g/mol.